The lowest BCUT2D eigenvalue weighted by molar-refractivity contribution is -0.146. The van der Waals surface area contributed by atoms with E-state index in [2.05, 4.69) is 16.5 Å². The second-order valence-corrected chi connectivity index (χ2v) is 5.26. The third-order valence-electron chi connectivity index (χ3n) is 3.71. The van der Waals surface area contributed by atoms with Gasteiger partial charge in [-0.05, 0) is 31.5 Å². The molecule has 0 N–H and O–H groups in total. The van der Waals surface area contributed by atoms with Gasteiger partial charge >= 0.3 is 5.97 Å². The number of imidazole rings is 1. The Balaban J connectivity index is 2.56. The van der Waals surface area contributed by atoms with Crippen LogP contribution in [0.4, 0.5) is 0 Å². The molecule has 4 nitrogen and oxygen atoms in total. The highest BCUT2D eigenvalue weighted by Gasteiger charge is 2.31. The Morgan fingerprint density at radius 2 is 2.11 bits per heavy atom. The number of carbonyl (C=O) groups is 1. The van der Waals surface area contributed by atoms with Crippen LogP contribution in [-0.4, -0.2) is 22.6 Å². The molecule has 0 aliphatic heterocycles. The Labute approximate surface area is 113 Å². The van der Waals surface area contributed by atoms with Gasteiger partial charge in [0.2, 0.25) is 0 Å². The van der Waals surface area contributed by atoms with Crippen molar-refractivity contribution < 1.29 is 9.53 Å². The number of hydrogen-bond acceptors (Lipinski definition) is 3. The van der Waals surface area contributed by atoms with Crippen molar-refractivity contribution >= 4 is 17.0 Å². The van der Waals surface area contributed by atoms with Gasteiger partial charge in [0.15, 0.2) is 0 Å². The molecule has 0 unspecified atom stereocenters. The van der Waals surface area contributed by atoms with E-state index in [9.17, 15) is 4.79 Å². The fourth-order valence-corrected chi connectivity index (χ4v) is 2.33. The smallest absolute Gasteiger partial charge is 0.315 e. The van der Waals surface area contributed by atoms with Crippen LogP contribution in [0.2, 0.25) is 0 Å². The molecule has 1 aromatic carbocycles. The van der Waals surface area contributed by atoms with E-state index >= 15 is 0 Å². The largest absolute Gasteiger partial charge is 0.468 e. The first kappa shape index (κ1) is 13.6. The molecular weight excluding hydrogens is 240 g/mol. The van der Waals surface area contributed by atoms with Crippen LogP contribution in [-0.2, 0) is 28.4 Å². The number of benzene rings is 1. The van der Waals surface area contributed by atoms with Crippen LogP contribution in [0.15, 0.2) is 18.2 Å². The van der Waals surface area contributed by atoms with Crippen LogP contribution < -0.4 is 0 Å². The Kier molecular flexibility index (Phi) is 3.35. The van der Waals surface area contributed by atoms with E-state index in [0.717, 1.165) is 28.8 Å². The average molecular weight is 260 g/mol. The van der Waals surface area contributed by atoms with Gasteiger partial charge in [-0.2, -0.15) is 0 Å². The number of esters is 1. The van der Waals surface area contributed by atoms with E-state index in [4.69, 9.17) is 4.74 Å². The minimum atomic E-state index is -0.660. The van der Waals surface area contributed by atoms with E-state index in [1.54, 1.807) is 0 Å². The number of ether oxygens (including phenoxy) is 1. The zero-order valence-electron chi connectivity index (χ0n) is 12.2. The highest BCUT2D eigenvalue weighted by molar-refractivity contribution is 5.85. The van der Waals surface area contributed by atoms with Gasteiger partial charge in [0.05, 0.1) is 23.6 Å². The summed E-state index contributed by atoms with van der Waals surface area (Å²) in [6.07, 6.45) is 0.890. The first-order valence-corrected chi connectivity index (χ1v) is 6.46. The molecule has 0 aliphatic carbocycles. The summed E-state index contributed by atoms with van der Waals surface area (Å²) >= 11 is 0. The van der Waals surface area contributed by atoms with Crippen LogP contribution in [0.25, 0.3) is 11.0 Å². The molecule has 4 heteroatoms. The number of aryl methyl sites for hydroxylation is 2. The van der Waals surface area contributed by atoms with Gasteiger partial charge < -0.3 is 9.30 Å². The molecule has 0 saturated heterocycles. The maximum atomic E-state index is 11.9. The molecule has 2 rings (SSSR count). The van der Waals surface area contributed by atoms with Crippen molar-refractivity contribution in [2.45, 2.75) is 32.6 Å². The number of hydrogen-bond donors (Lipinski definition) is 0. The minimum Gasteiger partial charge on any atom is -0.468 e. The molecular formula is C15H20N2O2. The van der Waals surface area contributed by atoms with Gasteiger partial charge in [-0.15, -0.1) is 0 Å². The second-order valence-electron chi connectivity index (χ2n) is 5.26. The minimum absolute atomic E-state index is 0.238. The Bertz CT molecular complexity index is 626. The van der Waals surface area contributed by atoms with E-state index in [1.165, 1.54) is 7.11 Å². The van der Waals surface area contributed by atoms with E-state index in [1.807, 2.05) is 39.1 Å². The Morgan fingerprint density at radius 1 is 1.42 bits per heavy atom. The molecule has 19 heavy (non-hydrogen) atoms. The maximum Gasteiger partial charge on any atom is 0.315 e. The molecule has 1 heterocycles. The zero-order chi connectivity index (χ0) is 14.2. The van der Waals surface area contributed by atoms with Crippen molar-refractivity contribution in [2.24, 2.45) is 7.05 Å². The summed E-state index contributed by atoms with van der Waals surface area (Å²) < 4.78 is 6.95. The molecule has 102 valence electrons. The number of rotatable bonds is 3. The summed E-state index contributed by atoms with van der Waals surface area (Å²) in [5, 5.41) is 0. The van der Waals surface area contributed by atoms with Crippen molar-refractivity contribution in [3.8, 4) is 0 Å². The molecule has 0 atom stereocenters. The lowest BCUT2D eigenvalue weighted by atomic mass is 9.84. The molecule has 2 aromatic rings. The lowest BCUT2D eigenvalue weighted by Crippen LogP contribution is -2.30. The molecule has 0 amide bonds. The summed E-state index contributed by atoms with van der Waals surface area (Å²) in [7, 11) is 3.43. The van der Waals surface area contributed by atoms with Gasteiger partial charge in [-0.1, -0.05) is 13.0 Å². The Morgan fingerprint density at radius 3 is 2.68 bits per heavy atom. The predicted molar refractivity (Wildman–Crippen MR) is 75.1 cm³/mol. The van der Waals surface area contributed by atoms with Crippen molar-refractivity contribution in [3.63, 3.8) is 0 Å². The highest BCUT2D eigenvalue weighted by Crippen LogP contribution is 2.28. The predicted octanol–water partition coefficient (Wildman–Crippen LogP) is 2.59. The first-order valence-electron chi connectivity index (χ1n) is 6.46. The second kappa shape index (κ2) is 4.68. The standard InChI is InChI=1S/C15H20N2O2/c1-6-13-16-11-9-10(7-8-12(11)17(13)4)15(2,3)14(18)19-5/h7-9H,6H2,1-5H3. The van der Waals surface area contributed by atoms with Gasteiger partial charge in [0.25, 0.3) is 0 Å². The average Bonchev–Trinajstić information content (AvgIpc) is 2.73. The molecule has 0 fully saturated rings. The zero-order valence-corrected chi connectivity index (χ0v) is 12.2. The number of nitrogens with zero attached hydrogens (tertiary/aromatic N) is 2. The Hall–Kier alpha value is -1.84. The molecule has 0 aliphatic rings. The summed E-state index contributed by atoms with van der Waals surface area (Å²) in [5.41, 5.74) is 2.27. The van der Waals surface area contributed by atoms with Crippen molar-refractivity contribution in [2.75, 3.05) is 7.11 Å². The molecule has 0 bridgehead atoms. The van der Waals surface area contributed by atoms with Gasteiger partial charge in [-0.3, -0.25) is 4.79 Å². The number of aromatic nitrogens is 2. The van der Waals surface area contributed by atoms with Gasteiger partial charge in [-0.25, -0.2) is 4.98 Å². The fourth-order valence-electron chi connectivity index (χ4n) is 2.33. The van der Waals surface area contributed by atoms with E-state index in [-0.39, 0.29) is 5.97 Å². The quantitative estimate of drug-likeness (QED) is 0.797. The third-order valence-corrected chi connectivity index (χ3v) is 3.71. The van der Waals surface area contributed by atoms with E-state index in [0.29, 0.717) is 0 Å². The third kappa shape index (κ3) is 2.11. The number of fused-ring (bicyclic) bond motifs is 1. The maximum absolute atomic E-state index is 11.9. The molecule has 0 saturated carbocycles. The van der Waals surface area contributed by atoms with Crippen LogP contribution in [0.3, 0.4) is 0 Å². The SMILES string of the molecule is CCc1nc2cc(C(C)(C)C(=O)OC)ccc2n1C. The monoisotopic (exact) mass is 260 g/mol. The van der Waals surface area contributed by atoms with Gasteiger partial charge in [0.1, 0.15) is 5.82 Å². The fraction of sp³-hybridized carbons (Fsp3) is 0.467. The summed E-state index contributed by atoms with van der Waals surface area (Å²) in [4.78, 5) is 16.5. The molecule has 0 spiro atoms. The summed E-state index contributed by atoms with van der Waals surface area (Å²) in [6.45, 7) is 5.81. The number of methoxy groups -OCH3 is 1. The lowest BCUT2D eigenvalue weighted by Gasteiger charge is -2.21. The van der Waals surface area contributed by atoms with Crippen molar-refractivity contribution in [1.82, 2.24) is 9.55 Å². The number of carbonyl (C=O) groups excluding carboxylic acids is 1. The summed E-state index contributed by atoms with van der Waals surface area (Å²) in [6, 6.07) is 5.97. The van der Waals surface area contributed by atoms with Crippen LogP contribution in [0, 0.1) is 0 Å². The van der Waals surface area contributed by atoms with Crippen LogP contribution >= 0.6 is 0 Å². The van der Waals surface area contributed by atoms with Gasteiger partial charge in [0, 0.05) is 13.5 Å². The molecule has 1 aromatic heterocycles. The van der Waals surface area contributed by atoms with Crippen LogP contribution in [0.1, 0.15) is 32.2 Å². The topological polar surface area (TPSA) is 44.1 Å². The van der Waals surface area contributed by atoms with Crippen LogP contribution in [0.5, 0.6) is 0 Å². The highest BCUT2D eigenvalue weighted by atomic mass is 16.5. The molecule has 0 radical (unpaired) electrons. The van der Waals surface area contributed by atoms with Crippen molar-refractivity contribution in [3.05, 3.63) is 29.6 Å². The van der Waals surface area contributed by atoms with Crippen molar-refractivity contribution in [1.29, 1.82) is 0 Å². The van der Waals surface area contributed by atoms with E-state index < -0.39 is 5.41 Å². The normalized spacial score (nSPS) is 11.8. The first-order chi connectivity index (χ1) is 8.91. The summed E-state index contributed by atoms with van der Waals surface area (Å²) in [5.74, 6) is 0.807.